The lowest BCUT2D eigenvalue weighted by atomic mass is 9.96. The van der Waals surface area contributed by atoms with Crippen molar-refractivity contribution >= 4 is 27.7 Å². The number of amides is 1. The van der Waals surface area contributed by atoms with Gasteiger partial charge in [-0.3, -0.25) is 9.69 Å². The highest BCUT2D eigenvalue weighted by Crippen LogP contribution is 2.27. The molecule has 0 atom stereocenters. The Kier molecular flexibility index (Phi) is 9.58. The normalized spacial score (nSPS) is 20.2. The number of hydrogen-bond acceptors (Lipinski definition) is 8. The van der Waals surface area contributed by atoms with Crippen LogP contribution in [0.5, 0.6) is 0 Å². The molecule has 39 heavy (non-hydrogen) atoms. The Morgan fingerprint density at radius 3 is 2.54 bits per heavy atom. The molecule has 3 heterocycles. The summed E-state index contributed by atoms with van der Waals surface area (Å²) in [5.41, 5.74) is 5.13. The highest BCUT2D eigenvalue weighted by Gasteiger charge is 2.27. The van der Waals surface area contributed by atoms with E-state index < -0.39 is 0 Å². The molecule has 0 radical (unpaired) electrons. The van der Waals surface area contributed by atoms with Crippen LogP contribution in [0.4, 0.5) is 5.82 Å². The molecule has 2 saturated heterocycles. The molecule has 1 amide bonds. The number of anilines is 1. The van der Waals surface area contributed by atoms with Crippen molar-refractivity contribution in [3.8, 4) is 6.07 Å². The highest BCUT2D eigenvalue weighted by molar-refractivity contribution is 9.10. The standard InChI is InChI=1S/C29H39BrN8O/c1-35-11-9-22(10-12-35)20-36-13-15-37(16-14-36)21-23-5-4-6-24(17-23)29(39)38(34-25-7-2-3-8-25)28-26(30)19-32-27(18-31)33-28/h4-6,17,19,22,25,34H,2-3,7-16,20-21H2,1H3. The van der Waals surface area contributed by atoms with Gasteiger partial charge in [-0.15, -0.1) is 0 Å². The predicted octanol–water partition coefficient (Wildman–Crippen LogP) is 3.66. The molecule has 0 spiro atoms. The van der Waals surface area contributed by atoms with Crippen molar-refractivity contribution in [1.82, 2.24) is 30.1 Å². The zero-order valence-electron chi connectivity index (χ0n) is 22.9. The molecule has 1 aliphatic carbocycles. The molecule has 5 rings (SSSR count). The van der Waals surface area contributed by atoms with Crippen molar-refractivity contribution in [1.29, 1.82) is 5.26 Å². The molecule has 0 unspecified atom stereocenters. The number of piperazine rings is 1. The molecule has 208 valence electrons. The molecule has 3 fully saturated rings. The van der Waals surface area contributed by atoms with E-state index in [1.807, 2.05) is 24.3 Å². The van der Waals surface area contributed by atoms with Crippen LogP contribution in [0.2, 0.25) is 0 Å². The molecule has 10 heteroatoms. The molecule has 2 aromatic rings. The first-order chi connectivity index (χ1) is 19.0. The van der Waals surface area contributed by atoms with E-state index in [2.05, 4.69) is 59.1 Å². The van der Waals surface area contributed by atoms with Gasteiger partial charge in [-0.05, 0) is 85.4 Å². The Morgan fingerprint density at radius 1 is 1.10 bits per heavy atom. The number of piperidine rings is 1. The van der Waals surface area contributed by atoms with Crippen LogP contribution in [0.3, 0.4) is 0 Å². The summed E-state index contributed by atoms with van der Waals surface area (Å²) < 4.78 is 0.564. The number of carbonyl (C=O) groups excluding carboxylic acids is 1. The van der Waals surface area contributed by atoms with Gasteiger partial charge in [0.2, 0.25) is 5.82 Å². The van der Waals surface area contributed by atoms with E-state index in [9.17, 15) is 10.1 Å². The van der Waals surface area contributed by atoms with Crippen LogP contribution in [-0.2, 0) is 6.54 Å². The Balaban J connectivity index is 1.23. The number of aromatic nitrogens is 2. The minimum Gasteiger partial charge on any atom is -0.306 e. The second-order valence-corrected chi connectivity index (χ2v) is 12.1. The monoisotopic (exact) mass is 594 g/mol. The summed E-state index contributed by atoms with van der Waals surface area (Å²) in [4.78, 5) is 29.8. The molecule has 1 N–H and O–H groups in total. The van der Waals surface area contributed by atoms with Crippen molar-refractivity contribution in [2.24, 2.45) is 5.92 Å². The predicted molar refractivity (Wildman–Crippen MR) is 155 cm³/mol. The largest absolute Gasteiger partial charge is 0.306 e. The summed E-state index contributed by atoms with van der Waals surface area (Å²) in [5, 5.41) is 10.9. The van der Waals surface area contributed by atoms with E-state index >= 15 is 0 Å². The quantitative estimate of drug-likeness (QED) is 0.463. The van der Waals surface area contributed by atoms with Gasteiger partial charge in [0.15, 0.2) is 5.82 Å². The topological polar surface area (TPSA) is 91.6 Å². The molecule has 2 aliphatic heterocycles. The zero-order chi connectivity index (χ0) is 27.2. The molecular formula is C29H39BrN8O. The van der Waals surface area contributed by atoms with Crippen LogP contribution in [0, 0.1) is 17.2 Å². The zero-order valence-corrected chi connectivity index (χ0v) is 24.4. The maximum Gasteiger partial charge on any atom is 0.274 e. The average molecular weight is 596 g/mol. The van der Waals surface area contributed by atoms with Crippen LogP contribution in [-0.4, -0.2) is 89.5 Å². The van der Waals surface area contributed by atoms with E-state index in [4.69, 9.17) is 0 Å². The van der Waals surface area contributed by atoms with Gasteiger partial charge < -0.3 is 9.80 Å². The van der Waals surface area contributed by atoms with E-state index in [0.717, 1.165) is 69.9 Å². The van der Waals surface area contributed by atoms with Crippen LogP contribution >= 0.6 is 15.9 Å². The van der Waals surface area contributed by atoms with Crippen molar-refractivity contribution in [2.75, 3.05) is 57.9 Å². The summed E-state index contributed by atoms with van der Waals surface area (Å²) in [6.45, 7) is 8.80. The van der Waals surface area contributed by atoms with E-state index in [1.54, 1.807) is 0 Å². The number of carbonyl (C=O) groups is 1. The van der Waals surface area contributed by atoms with Gasteiger partial charge in [-0.2, -0.15) is 10.2 Å². The molecule has 1 aromatic carbocycles. The molecule has 9 nitrogen and oxygen atoms in total. The van der Waals surface area contributed by atoms with Gasteiger partial charge in [0, 0.05) is 57.1 Å². The Bertz CT molecular complexity index is 1160. The van der Waals surface area contributed by atoms with E-state index in [0.29, 0.717) is 15.9 Å². The number of rotatable bonds is 8. The minimum absolute atomic E-state index is 0.0305. The van der Waals surface area contributed by atoms with Crippen molar-refractivity contribution < 1.29 is 4.79 Å². The maximum absolute atomic E-state index is 13.9. The average Bonchev–Trinajstić information content (AvgIpc) is 3.48. The fourth-order valence-electron chi connectivity index (χ4n) is 5.95. The van der Waals surface area contributed by atoms with Crippen LogP contribution in [0.15, 0.2) is 34.9 Å². The number of benzene rings is 1. The summed E-state index contributed by atoms with van der Waals surface area (Å²) >= 11 is 3.49. The fraction of sp³-hybridized carbons (Fsp3) is 0.586. The molecular weight excluding hydrogens is 556 g/mol. The third kappa shape index (κ3) is 7.41. The maximum atomic E-state index is 13.9. The van der Waals surface area contributed by atoms with Crippen LogP contribution in [0.25, 0.3) is 0 Å². The summed E-state index contributed by atoms with van der Waals surface area (Å²) in [5.74, 6) is 1.04. The summed E-state index contributed by atoms with van der Waals surface area (Å²) in [6.07, 6.45) is 8.42. The Hall–Kier alpha value is -2.42. The lowest BCUT2D eigenvalue weighted by molar-refractivity contribution is 0.0957. The molecule has 1 saturated carbocycles. The van der Waals surface area contributed by atoms with Crippen LogP contribution in [0.1, 0.15) is 60.3 Å². The van der Waals surface area contributed by atoms with Gasteiger partial charge in [0.1, 0.15) is 6.07 Å². The number of likely N-dealkylation sites (tertiary alicyclic amines) is 1. The SMILES string of the molecule is CN1CCC(CN2CCN(Cc3cccc(C(=O)N(NC4CCCC4)c4nc(C#N)ncc4Br)c3)CC2)CC1. The number of nitrogens with one attached hydrogen (secondary N) is 1. The highest BCUT2D eigenvalue weighted by atomic mass is 79.9. The second kappa shape index (κ2) is 13.3. The molecule has 3 aliphatic rings. The number of halogens is 1. The van der Waals surface area contributed by atoms with Gasteiger partial charge in [-0.1, -0.05) is 25.0 Å². The third-order valence-corrected chi connectivity index (χ3v) is 8.87. The number of nitrogens with zero attached hydrogens (tertiary/aromatic N) is 7. The molecule has 0 bridgehead atoms. The summed E-state index contributed by atoms with van der Waals surface area (Å²) in [7, 11) is 2.22. The van der Waals surface area contributed by atoms with Crippen molar-refractivity contribution in [3.05, 3.63) is 51.9 Å². The van der Waals surface area contributed by atoms with Gasteiger partial charge >= 0.3 is 0 Å². The van der Waals surface area contributed by atoms with Crippen molar-refractivity contribution in [3.63, 3.8) is 0 Å². The minimum atomic E-state index is -0.185. The van der Waals surface area contributed by atoms with E-state index in [1.165, 1.54) is 43.7 Å². The van der Waals surface area contributed by atoms with Crippen LogP contribution < -0.4 is 10.4 Å². The van der Waals surface area contributed by atoms with Gasteiger partial charge in [0.25, 0.3) is 5.91 Å². The number of hydrazine groups is 1. The summed E-state index contributed by atoms with van der Waals surface area (Å²) in [6, 6.07) is 10.1. The Labute approximate surface area is 240 Å². The van der Waals surface area contributed by atoms with Crippen molar-refractivity contribution in [2.45, 2.75) is 51.1 Å². The first kappa shape index (κ1) is 28.1. The first-order valence-corrected chi connectivity index (χ1v) is 15.0. The van der Waals surface area contributed by atoms with Gasteiger partial charge in [-0.25, -0.2) is 15.4 Å². The smallest absolute Gasteiger partial charge is 0.274 e. The number of hydrogen-bond donors (Lipinski definition) is 1. The number of nitriles is 1. The lowest BCUT2D eigenvalue weighted by Gasteiger charge is -2.38. The van der Waals surface area contributed by atoms with Gasteiger partial charge in [0.05, 0.1) is 4.47 Å². The first-order valence-electron chi connectivity index (χ1n) is 14.2. The third-order valence-electron chi connectivity index (χ3n) is 8.31. The molecule has 1 aromatic heterocycles. The Morgan fingerprint density at radius 2 is 1.82 bits per heavy atom. The fourth-order valence-corrected chi connectivity index (χ4v) is 6.32. The van der Waals surface area contributed by atoms with E-state index in [-0.39, 0.29) is 17.8 Å². The lowest BCUT2D eigenvalue weighted by Crippen LogP contribution is -2.48. The second-order valence-electron chi connectivity index (χ2n) is 11.3.